The van der Waals surface area contributed by atoms with Gasteiger partial charge in [0.15, 0.2) is 0 Å². The molecule has 0 saturated heterocycles. The molecule has 82 valence electrons. The van der Waals surface area contributed by atoms with Crippen molar-refractivity contribution in [2.75, 3.05) is 13.2 Å². The van der Waals surface area contributed by atoms with E-state index in [9.17, 15) is 4.79 Å². The first-order valence-corrected chi connectivity index (χ1v) is 4.81. The van der Waals surface area contributed by atoms with E-state index in [2.05, 4.69) is 15.3 Å². The molecule has 1 rings (SSSR count). The number of nitrogens with one attached hydrogen (secondary N) is 1. The second-order valence-corrected chi connectivity index (χ2v) is 3.54. The standard InChI is InChI=1S/C10H15N3O2/c1-7(6-14)3-13-10(15)9-5-11-8(2)4-12-9/h4-5,7,14H,3,6H2,1-2H3,(H,13,15). The van der Waals surface area contributed by atoms with E-state index in [4.69, 9.17) is 5.11 Å². The Morgan fingerprint density at radius 1 is 1.53 bits per heavy atom. The molecule has 0 aliphatic rings. The van der Waals surface area contributed by atoms with Crippen molar-refractivity contribution in [1.82, 2.24) is 15.3 Å². The van der Waals surface area contributed by atoms with Gasteiger partial charge < -0.3 is 10.4 Å². The predicted molar refractivity (Wildman–Crippen MR) is 55.4 cm³/mol. The molecule has 0 radical (unpaired) electrons. The van der Waals surface area contributed by atoms with E-state index in [-0.39, 0.29) is 18.4 Å². The number of carbonyl (C=O) groups is 1. The summed E-state index contributed by atoms with van der Waals surface area (Å²) in [5.41, 5.74) is 1.07. The molecule has 0 bridgehead atoms. The first kappa shape index (κ1) is 11.6. The normalized spacial score (nSPS) is 12.2. The van der Waals surface area contributed by atoms with Crippen LogP contribution < -0.4 is 5.32 Å². The summed E-state index contributed by atoms with van der Waals surface area (Å²) in [6.45, 7) is 4.15. The van der Waals surface area contributed by atoms with Crippen molar-refractivity contribution in [3.05, 3.63) is 23.8 Å². The summed E-state index contributed by atoms with van der Waals surface area (Å²) in [5.74, 6) is -0.213. The van der Waals surface area contributed by atoms with E-state index >= 15 is 0 Å². The number of carbonyl (C=O) groups excluding carboxylic acids is 1. The van der Waals surface area contributed by atoms with Gasteiger partial charge in [-0.15, -0.1) is 0 Å². The lowest BCUT2D eigenvalue weighted by Gasteiger charge is -2.08. The summed E-state index contributed by atoms with van der Waals surface area (Å²) in [5, 5.41) is 11.4. The highest BCUT2D eigenvalue weighted by molar-refractivity contribution is 5.91. The molecule has 2 N–H and O–H groups in total. The van der Waals surface area contributed by atoms with Crippen molar-refractivity contribution >= 4 is 5.91 Å². The smallest absolute Gasteiger partial charge is 0.271 e. The third-order valence-electron chi connectivity index (χ3n) is 1.94. The Bertz CT molecular complexity index is 324. The topological polar surface area (TPSA) is 75.1 Å². The third kappa shape index (κ3) is 3.63. The third-order valence-corrected chi connectivity index (χ3v) is 1.94. The highest BCUT2D eigenvalue weighted by atomic mass is 16.3. The van der Waals surface area contributed by atoms with Crippen LogP contribution in [-0.4, -0.2) is 34.1 Å². The molecule has 5 nitrogen and oxygen atoms in total. The van der Waals surface area contributed by atoms with Crippen LogP contribution in [0.15, 0.2) is 12.4 Å². The average Bonchev–Trinajstić information content (AvgIpc) is 2.26. The minimum atomic E-state index is -0.261. The summed E-state index contributed by atoms with van der Waals surface area (Å²) in [4.78, 5) is 19.4. The van der Waals surface area contributed by atoms with Crippen molar-refractivity contribution in [2.45, 2.75) is 13.8 Å². The monoisotopic (exact) mass is 209 g/mol. The van der Waals surface area contributed by atoms with Gasteiger partial charge in [0.25, 0.3) is 5.91 Å². The second kappa shape index (κ2) is 5.41. The van der Waals surface area contributed by atoms with Gasteiger partial charge in [-0.2, -0.15) is 0 Å². The van der Waals surface area contributed by atoms with Gasteiger partial charge >= 0.3 is 0 Å². The van der Waals surface area contributed by atoms with Gasteiger partial charge in [0, 0.05) is 19.3 Å². The molecule has 1 amide bonds. The molecule has 0 saturated carbocycles. The first-order valence-electron chi connectivity index (χ1n) is 4.81. The molecule has 0 fully saturated rings. The molecule has 0 aromatic carbocycles. The van der Waals surface area contributed by atoms with E-state index in [0.717, 1.165) is 5.69 Å². The molecule has 0 spiro atoms. The molecule has 0 aliphatic carbocycles. The van der Waals surface area contributed by atoms with Crippen molar-refractivity contribution in [3.8, 4) is 0 Å². The maximum atomic E-state index is 11.5. The molecular formula is C10H15N3O2. The maximum Gasteiger partial charge on any atom is 0.271 e. The fourth-order valence-electron chi connectivity index (χ4n) is 0.932. The van der Waals surface area contributed by atoms with Crippen molar-refractivity contribution in [1.29, 1.82) is 0 Å². The summed E-state index contributed by atoms with van der Waals surface area (Å²) in [7, 11) is 0. The number of hydrogen-bond donors (Lipinski definition) is 2. The number of aryl methyl sites for hydroxylation is 1. The van der Waals surface area contributed by atoms with Crippen LogP contribution in [0.3, 0.4) is 0 Å². The van der Waals surface area contributed by atoms with Gasteiger partial charge in [0.05, 0.1) is 11.9 Å². The Kier molecular flexibility index (Phi) is 4.17. The molecule has 1 atom stereocenters. The summed E-state index contributed by atoms with van der Waals surface area (Å²) in [6, 6.07) is 0. The number of aromatic nitrogens is 2. The van der Waals surface area contributed by atoms with Crippen molar-refractivity contribution in [3.63, 3.8) is 0 Å². The lowest BCUT2D eigenvalue weighted by atomic mass is 10.2. The average molecular weight is 209 g/mol. The van der Waals surface area contributed by atoms with Crippen molar-refractivity contribution in [2.24, 2.45) is 5.92 Å². The predicted octanol–water partition coefficient (Wildman–Crippen LogP) is 0.143. The van der Waals surface area contributed by atoms with Gasteiger partial charge in [-0.3, -0.25) is 9.78 Å². The quantitative estimate of drug-likeness (QED) is 0.739. The van der Waals surface area contributed by atoms with E-state index in [0.29, 0.717) is 12.2 Å². The highest BCUT2D eigenvalue weighted by Crippen LogP contribution is 1.95. The maximum absolute atomic E-state index is 11.5. The van der Waals surface area contributed by atoms with Crippen LogP contribution in [0.4, 0.5) is 0 Å². The van der Waals surface area contributed by atoms with Crippen molar-refractivity contribution < 1.29 is 9.90 Å². The van der Waals surface area contributed by atoms with Gasteiger partial charge in [0.2, 0.25) is 0 Å². The first-order chi connectivity index (χ1) is 7.13. The zero-order valence-electron chi connectivity index (χ0n) is 8.90. The Hall–Kier alpha value is -1.49. The van der Waals surface area contributed by atoms with Crippen LogP contribution >= 0.6 is 0 Å². The lowest BCUT2D eigenvalue weighted by Crippen LogP contribution is -2.30. The molecule has 1 heterocycles. The summed E-state index contributed by atoms with van der Waals surface area (Å²) >= 11 is 0. The van der Waals surface area contributed by atoms with Gasteiger partial charge in [-0.1, -0.05) is 6.92 Å². The lowest BCUT2D eigenvalue weighted by molar-refractivity contribution is 0.0937. The van der Waals surface area contributed by atoms with E-state index < -0.39 is 0 Å². The van der Waals surface area contributed by atoms with Crippen LogP contribution in [-0.2, 0) is 0 Å². The number of amides is 1. The van der Waals surface area contributed by atoms with E-state index in [1.54, 1.807) is 6.20 Å². The highest BCUT2D eigenvalue weighted by Gasteiger charge is 2.08. The molecule has 5 heteroatoms. The van der Waals surface area contributed by atoms with Gasteiger partial charge in [-0.05, 0) is 12.8 Å². The van der Waals surface area contributed by atoms with Crippen LogP contribution in [0.1, 0.15) is 23.1 Å². The Labute approximate surface area is 88.6 Å². The molecule has 15 heavy (non-hydrogen) atoms. The van der Waals surface area contributed by atoms with Crippen LogP contribution in [0, 0.1) is 12.8 Å². The number of aliphatic hydroxyl groups excluding tert-OH is 1. The SMILES string of the molecule is Cc1cnc(C(=O)NCC(C)CO)cn1. The Balaban J connectivity index is 2.50. The number of nitrogens with zero attached hydrogens (tertiary/aromatic N) is 2. The molecule has 1 unspecified atom stereocenters. The van der Waals surface area contributed by atoms with Gasteiger partial charge in [-0.25, -0.2) is 4.98 Å². The number of rotatable bonds is 4. The second-order valence-electron chi connectivity index (χ2n) is 3.54. The molecule has 1 aromatic rings. The van der Waals surface area contributed by atoms with Crippen LogP contribution in [0.25, 0.3) is 0 Å². The number of hydrogen-bond acceptors (Lipinski definition) is 4. The Morgan fingerprint density at radius 3 is 2.80 bits per heavy atom. The molecular weight excluding hydrogens is 194 g/mol. The fourth-order valence-corrected chi connectivity index (χ4v) is 0.932. The van der Waals surface area contributed by atoms with E-state index in [1.165, 1.54) is 6.20 Å². The fraction of sp³-hybridized carbons (Fsp3) is 0.500. The molecule has 0 aliphatic heterocycles. The number of aliphatic hydroxyl groups is 1. The largest absolute Gasteiger partial charge is 0.396 e. The Morgan fingerprint density at radius 2 is 2.27 bits per heavy atom. The summed E-state index contributed by atoms with van der Waals surface area (Å²) < 4.78 is 0. The minimum Gasteiger partial charge on any atom is -0.396 e. The summed E-state index contributed by atoms with van der Waals surface area (Å²) in [6.07, 6.45) is 2.98. The zero-order chi connectivity index (χ0) is 11.3. The zero-order valence-corrected chi connectivity index (χ0v) is 8.90. The van der Waals surface area contributed by atoms with Crippen LogP contribution in [0.2, 0.25) is 0 Å². The molecule has 1 aromatic heterocycles. The van der Waals surface area contributed by atoms with Gasteiger partial charge in [0.1, 0.15) is 5.69 Å². The van der Waals surface area contributed by atoms with E-state index in [1.807, 2.05) is 13.8 Å². The minimum absolute atomic E-state index is 0.0485. The van der Waals surface area contributed by atoms with Crippen LogP contribution in [0.5, 0.6) is 0 Å².